The van der Waals surface area contributed by atoms with E-state index in [2.05, 4.69) is 4.98 Å². The second-order valence-corrected chi connectivity index (χ2v) is 6.60. The third-order valence-corrected chi connectivity index (χ3v) is 5.03. The number of piperidine rings is 1. The standard InChI is InChI=1S/C18H22N2O2/c21-13-4-3-9-20(11-13)18(22)12-7-8-17-15(10-12)14-5-1-2-6-16(14)19-17/h7-8,10,13,19,21H,1-6,9,11H2. The minimum atomic E-state index is -0.374. The van der Waals surface area contributed by atoms with Crippen LogP contribution in [-0.4, -0.2) is 40.1 Å². The first-order valence-corrected chi connectivity index (χ1v) is 8.33. The maximum absolute atomic E-state index is 12.7. The van der Waals surface area contributed by atoms with Gasteiger partial charge in [-0.25, -0.2) is 0 Å². The number of hydrogen-bond donors (Lipinski definition) is 2. The first-order valence-electron chi connectivity index (χ1n) is 8.33. The van der Waals surface area contributed by atoms with Gasteiger partial charge in [-0.3, -0.25) is 4.79 Å². The van der Waals surface area contributed by atoms with Crippen LogP contribution in [0.5, 0.6) is 0 Å². The van der Waals surface area contributed by atoms with Crippen LogP contribution in [-0.2, 0) is 12.8 Å². The Morgan fingerprint density at radius 3 is 2.95 bits per heavy atom. The van der Waals surface area contributed by atoms with E-state index in [1.807, 2.05) is 18.2 Å². The molecule has 116 valence electrons. The van der Waals surface area contributed by atoms with Gasteiger partial charge in [0.15, 0.2) is 0 Å². The quantitative estimate of drug-likeness (QED) is 0.850. The third kappa shape index (κ3) is 2.31. The van der Waals surface area contributed by atoms with Gasteiger partial charge < -0.3 is 15.0 Å². The zero-order valence-electron chi connectivity index (χ0n) is 12.8. The summed E-state index contributed by atoms with van der Waals surface area (Å²) in [5.74, 6) is 0.0476. The van der Waals surface area contributed by atoms with Gasteiger partial charge >= 0.3 is 0 Å². The second-order valence-electron chi connectivity index (χ2n) is 6.60. The number of aromatic nitrogens is 1. The molecule has 1 fully saturated rings. The predicted molar refractivity (Wildman–Crippen MR) is 86.1 cm³/mol. The van der Waals surface area contributed by atoms with Crippen molar-refractivity contribution in [3.05, 3.63) is 35.0 Å². The molecule has 1 saturated heterocycles. The number of likely N-dealkylation sites (tertiary alicyclic amines) is 1. The third-order valence-electron chi connectivity index (χ3n) is 5.03. The summed E-state index contributed by atoms with van der Waals surface area (Å²) in [6.07, 6.45) is 6.01. The molecule has 1 aromatic carbocycles. The van der Waals surface area contributed by atoms with E-state index in [0.717, 1.165) is 43.3 Å². The molecule has 0 bridgehead atoms. The molecule has 2 heterocycles. The zero-order chi connectivity index (χ0) is 15.1. The Kier molecular flexibility index (Phi) is 3.41. The van der Waals surface area contributed by atoms with Crippen molar-refractivity contribution in [1.29, 1.82) is 0 Å². The number of fused-ring (bicyclic) bond motifs is 3. The molecule has 0 saturated carbocycles. The first-order chi connectivity index (χ1) is 10.7. The Morgan fingerprint density at radius 1 is 1.23 bits per heavy atom. The number of aliphatic hydroxyl groups excluding tert-OH is 1. The van der Waals surface area contributed by atoms with Crippen LogP contribution in [0.4, 0.5) is 0 Å². The topological polar surface area (TPSA) is 56.3 Å². The number of benzene rings is 1. The van der Waals surface area contributed by atoms with Gasteiger partial charge in [-0.05, 0) is 62.3 Å². The van der Waals surface area contributed by atoms with Gasteiger partial charge in [0.2, 0.25) is 0 Å². The van der Waals surface area contributed by atoms with Crippen molar-refractivity contribution in [2.45, 2.75) is 44.6 Å². The van der Waals surface area contributed by atoms with Crippen LogP contribution < -0.4 is 0 Å². The van der Waals surface area contributed by atoms with E-state index in [0.29, 0.717) is 6.54 Å². The molecule has 1 unspecified atom stereocenters. The maximum atomic E-state index is 12.7. The van der Waals surface area contributed by atoms with Crippen molar-refractivity contribution in [3.63, 3.8) is 0 Å². The van der Waals surface area contributed by atoms with Crippen molar-refractivity contribution >= 4 is 16.8 Å². The van der Waals surface area contributed by atoms with Gasteiger partial charge in [-0.2, -0.15) is 0 Å². The van der Waals surface area contributed by atoms with Crippen LogP contribution in [0, 0.1) is 0 Å². The van der Waals surface area contributed by atoms with Gasteiger partial charge in [0.1, 0.15) is 0 Å². The van der Waals surface area contributed by atoms with Gasteiger partial charge in [0.25, 0.3) is 5.91 Å². The number of aliphatic hydroxyl groups is 1. The minimum Gasteiger partial charge on any atom is -0.391 e. The lowest BCUT2D eigenvalue weighted by Crippen LogP contribution is -2.42. The minimum absolute atomic E-state index is 0.0476. The number of carbonyl (C=O) groups is 1. The Bertz CT molecular complexity index is 719. The van der Waals surface area contributed by atoms with E-state index >= 15 is 0 Å². The molecule has 4 heteroatoms. The van der Waals surface area contributed by atoms with E-state index in [4.69, 9.17) is 0 Å². The van der Waals surface area contributed by atoms with Crippen LogP contribution >= 0.6 is 0 Å². The summed E-state index contributed by atoms with van der Waals surface area (Å²) in [4.78, 5) is 18.0. The number of nitrogens with one attached hydrogen (secondary N) is 1. The number of aromatic amines is 1. The van der Waals surface area contributed by atoms with Gasteiger partial charge in [0, 0.05) is 35.2 Å². The molecule has 2 aliphatic rings. The van der Waals surface area contributed by atoms with Crippen LogP contribution in [0.15, 0.2) is 18.2 Å². The average Bonchev–Trinajstić information content (AvgIpc) is 2.92. The molecule has 0 radical (unpaired) electrons. The molecule has 1 atom stereocenters. The SMILES string of the molecule is O=C(c1ccc2[nH]c3c(c2c1)CCCC3)N1CCCC(O)C1. The van der Waals surface area contributed by atoms with Gasteiger partial charge in [0.05, 0.1) is 6.10 Å². The lowest BCUT2D eigenvalue weighted by atomic mass is 9.95. The maximum Gasteiger partial charge on any atom is 0.253 e. The Morgan fingerprint density at radius 2 is 2.09 bits per heavy atom. The summed E-state index contributed by atoms with van der Waals surface area (Å²) in [5, 5.41) is 11.0. The van der Waals surface area contributed by atoms with E-state index in [1.165, 1.54) is 29.5 Å². The average molecular weight is 298 g/mol. The summed E-state index contributed by atoms with van der Waals surface area (Å²) in [7, 11) is 0. The highest BCUT2D eigenvalue weighted by Crippen LogP contribution is 2.30. The molecule has 22 heavy (non-hydrogen) atoms. The fraction of sp³-hybridized carbons (Fsp3) is 0.500. The van der Waals surface area contributed by atoms with Crippen molar-refractivity contribution < 1.29 is 9.90 Å². The fourth-order valence-corrected chi connectivity index (χ4v) is 3.86. The van der Waals surface area contributed by atoms with E-state index in [-0.39, 0.29) is 12.0 Å². The molecule has 1 amide bonds. The summed E-state index contributed by atoms with van der Waals surface area (Å²) < 4.78 is 0. The Balaban J connectivity index is 1.68. The zero-order valence-corrected chi connectivity index (χ0v) is 12.8. The van der Waals surface area contributed by atoms with Crippen LogP contribution in [0.3, 0.4) is 0 Å². The fourth-order valence-electron chi connectivity index (χ4n) is 3.86. The first kappa shape index (κ1) is 13.8. The number of H-pyrrole nitrogens is 1. The van der Waals surface area contributed by atoms with Crippen molar-refractivity contribution in [3.8, 4) is 0 Å². The van der Waals surface area contributed by atoms with E-state index < -0.39 is 0 Å². The Labute approximate surface area is 130 Å². The van der Waals surface area contributed by atoms with E-state index in [1.54, 1.807) is 4.90 Å². The number of aryl methyl sites for hydroxylation is 2. The largest absolute Gasteiger partial charge is 0.391 e. The van der Waals surface area contributed by atoms with Gasteiger partial charge in [-0.15, -0.1) is 0 Å². The second kappa shape index (κ2) is 5.43. The van der Waals surface area contributed by atoms with E-state index in [9.17, 15) is 9.90 Å². The predicted octanol–water partition coefficient (Wildman–Crippen LogP) is 2.64. The number of amides is 1. The number of β-amino-alcohol motifs (C(OH)–C–C–N with tert-alkyl or cyclic N) is 1. The van der Waals surface area contributed by atoms with Crippen LogP contribution in [0.25, 0.3) is 10.9 Å². The molecule has 0 spiro atoms. The van der Waals surface area contributed by atoms with Crippen LogP contribution in [0.1, 0.15) is 47.3 Å². The van der Waals surface area contributed by atoms with Gasteiger partial charge in [-0.1, -0.05) is 0 Å². The van der Waals surface area contributed by atoms with Crippen molar-refractivity contribution in [2.75, 3.05) is 13.1 Å². The smallest absolute Gasteiger partial charge is 0.253 e. The highest BCUT2D eigenvalue weighted by molar-refractivity contribution is 5.99. The number of carbonyl (C=O) groups excluding carboxylic acids is 1. The summed E-state index contributed by atoms with van der Waals surface area (Å²) >= 11 is 0. The van der Waals surface area contributed by atoms with Crippen molar-refractivity contribution in [1.82, 2.24) is 9.88 Å². The monoisotopic (exact) mass is 298 g/mol. The molecular formula is C18H22N2O2. The molecular weight excluding hydrogens is 276 g/mol. The number of hydrogen-bond acceptors (Lipinski definition) is 2. The highest BCUT2D eigenvalue weighted by Gasteiger charge is 2.24. The highest BCUT2D eigenvalue weighted by atomic mass is 16.3. The molecule has 2 N–H and O–H groups in total. The number of nitrogens with zero attached hydrogens (tertiary/aromatic N) is 1. The molecule has 1 aromatic heterocycles. The normalized spacial score (nSPS) is 21.9. The van der Waals surface area contributed by atoms with Crippen molar-refractivity contribution in [2.24, 2.45) is 0 Å². The summed E-state index contributed by atoms with van der Waals surface area (Å²) in [5.41, 5.74) is 4.63. The number of rotatable bonds is 1. The summed E-state index contributed by atoms with van der Waals surface area (Å²) in [6, 6.07) is 5.98. The lowest BCUT2D eigenvalue weighted by Gasteiger charge is -2.30. The lowest BCUT2D eigenvalue weighted by molar-refractivity contribution is 0.0474. The molecule has 4 nitrogen and oxygen atoms in total. The molecule has 4 rings (SSSR count). The van der Waals surface area contributed by atoms with Crippen LogP contribution in [0.2, 0.25) is 0 Å². The Hall–Kier alpha value is -1.81. The summed E-state index contributed by atoms with van der Waals surface area (Å²) in [6.45, 7) is 1.21. The molecule has 1 aliphatic heterocycles. The molecule has 2 aromatic rings. The molecule has 1 aliphatic carbocycles.